The van der Waals surface area contributed by atoms with Crippen molar-refractivity contribution >= 4 is 29.1 Å². The smallest absolute Gasteiger partial charge is 0.225 e. The van der Waals surface area contributed by atoms with Crippen LogP contribution in [0.25, 0.3) is 11.4 Å². The molecule has 0 amide bonds. The summed E-state index contributed by atoms with van der Waals surface area (Å²) in [4.78, 5) is 13.3. The summed E-state index contributed by atoms with van der Waals surface area (Å²) < 4.78 is 13.2. The lowest BCUT2D eigenvalue weighted by molar-refractivity contribution is 0.628. The largest absolute Gasteiger partial charge is 0.352 e. The van der Waals surface area contributed by atoms with Gasteiger partial charge in [-0.25, -0.2) is 9.37 Å². The van der Waals surface area contributed by atoms with Gasteiger partial charge in [-0.2, -0.15) is 4.98 Å². The molecule has 0 aliphatic rings. The van der Waals surface area contributed by atoms with Gasteiger partial charge in [0.05, 0.1) is 22.1 Å². The summed E-state index contributed by atoms with van der Waals surface area (Å²) in [5.74, 6) is 0.612. The van der Waals surface area contributed by atoms with Crippen LogP contribution in [0.4, 0.5) is 21.8 Å². The number of nitrogens with zero attached hydrogens (tertiary/aromatic N) is 3. The predicted molar refractivity (Wildman–Crippen MR) is 98.7 cm³/mol. The standard InChI is InChI=1S/C18H17ClFN5/c1-11(2)22-18-24-16(15-5-3-4-8-21-15)10-17(25-18)23-14-7-6-12(20)9-13(14)19/h3-11H,1-2H3,(H2,22,23,24,25). The van der Waals surface area contributed by atoms with E-state index in [1.807, 2.05) is 32.0 Å². The van der Waals surface area contributed by atoms with Gasteiger partial charge in [0.1, 0.15) is 11.6 Å². The molecular formula is C18H17ClFN5. The fourth-order valence-corrected chi connectivity index (χ4v) is 2.42. The summed E-state index contributed by atoms with van der Waals surface area (Å²) in [7, 11) is 0. The molecule has 0 fully saturated rings. The van der Waals surface area contributed by atoms with Crippen LogP contribution < -0.4 is 10.6 Å². The molecule has 0 spiro atoms. The number of nitrogens with one attached hydrogen (secondary N) is 2. The van der Waals surface area contributed by atoms with Gasteiger partial charge in [-0.1, -0.05) is 17.7 Å². The minimum absolute atomic E-state index is 0.168. The molecule has 25 heavy (non-hydrogen) atoms. The van der Waals surface area contributed by atoms with Crippen LogP contribution in [0.1, 0.15) is 13.8 Å². The molecule has 128 valence electrons. The Morgan fingerprint density at radius 2 is 1.88 bits per heavy atom. The Labute approximate surface area is 150 Å². The van der Waals surface area contributed by atoms with Gasteiger partial charge < -0.3 is 10.6 Å². The molecule has 5 nitrogen and oxygen atoms in total. The number of aromatic nitrogens is 3. The van der Waals surface area contributed by atoms with Crippen LogP contribution in [-0.2, 0) is 0 Å². The third kappa shape index (κ3) is 4.42. The first-order chi connectivity index (χ1) is 12.0. The van der Waals surface area contributed by atoms with E-state index in [4.69, 9.17) is 11.6 Å². The number of hydrogen-bond donors (Lipinski definition) is 2. The molecule has 2 N–H and O–H groups in total. The van der Waals surface area contributed by atoms with E-state index in [0.29, 0.717) is 23.1 Å². The monoisotopic (exact) mass is 357 g/mol. The summed E-state index contributed by atoms with van der Waals surface area (Å²) in [6, 6.07) is 11.7. The maximum atomic E-state index is 13.2. The van der Waals surface area contributed by atoms with E-state index >= 15 is 0 Å². The molecule has 0 radical (unpaired) electrons. The van der Waals surface area contributed by atoms with Crippen LogP contribution in [-0.4, -0.2) is 21.0 Å². The van der Waals surface area contributed by atoms with E-state index in [9.17, 15) is 4.39 Å². The minimum atomic E-state index is -0.394. The fraction of sp³-hybridized carbons (Fsp3) is 0.167. The third-order valence-corrected chi connectivity index (χ3v) is 3.58. The highest BCUT2D eigenvalue weighted by atomic mass is 35.5. The normalized spacial score (nSPS) is 10.8. The predicted octanol–water partition coefficient (Wildman–Crippen LogP) is 4.90. The van der Waals surface area contributed by atoms with Gasteiger partial charge in [-0.15, -0.1) is 0 Å². The summed E-state index contributed by atoms with van der Waals surface area (Å²) in [5.41, 5.74) is 1.95. The Morgan fingerprint density at radius 1 is 1.04 bits per heavy atom. The van der Waals surface area contributed by atoms with Crippen molar-refractivity contribution in [2.24, 2.45) is 0 Å². The van der Waals surface area contributed by atoms with Gasteiger partial charge >= 0.3 is 0 Å². The maximum absolute atomic E-state index is 13.2. The van der Waals surface area contributed by atoms with E-state index in [-0.39, 0.29) is 11.1 Å². The number of rotatable bonds is 5. The molecule has 1 aromatic carbocycles. The van der Waals surface area contributed by atoms with Crippen molar-refractivity contribution in [3.63, 3.8) is 0 Å². The molecule has 2 heterocycles. The molecule has 0 aliphatic heterocycles. The number of halogens is 2. The zero-order chi connectivity index (χ0) is 17.8. The topological polar surface area (TPSA) is 62.7 Å². The van der Waals surface area contributed by atoms with Crippen LogP contribution in [0.15, 0.2) is 48.7 Å². The van der Waals surface area contributed by atoms with Crippen molar-refractivity contribution in [2.75, 3.05) is 10.6 Å². The lowest BCUT2D eigenvalue weighted by Crippen LogP contribution is -2.13. The number of benzene rings is 1. The van der Waals surface area contributed by atoms with E-state index < -0.39 is 5.82 Å². The zero-order valence-corrected chi connectivity index (χ0v) is 14.5. The molecule has 0 saturated carbocycles. The van der Waals surface area contributed by atoms with Crippen molar-refractivity contribution in [1.82, 2.24) is 15.0 Å². The van der Waals surface area contributed by atoms with Crippen molar-refractivity contribution in [2.45, 2.75) is 19.9 Å². The number of hydrogen-bond acceptors (Lipinski definition) is 5. The molecule has 2 aromatic heterocycles. The Hall–Kier alpha value is -2.73. The van der Waals surface area contributed by atoms with Crippen molar-refractivity contribution in [3.05, 3.63) is 59.5 Å². The zero-order valence-electron chi connectivity index (χ0n) is 13.8. The molecule has 7 heteroatoms. The molecule has 0 unspecified atom stereocenters. The quantitative estimate of drug-likeness (QED) is 0.680. The van der Waals surface area contributed by atoms with Gasteiger partial charge in [0.15, 0.2) is 0 Å². The van der Waals surface area contributed by atoms with Crippen LogP contribution >= 0.6 is 11.6 Å². The lowest BCUT2D eigenvalue weighted by Gasteiger charge is -2.13. The van der Waals surface area contributed by atoms with Crippen LogP contribution in [0.3, 0.4) is 0 Å². The van der Waals surface area contributed by atoms with Crippen molar-refractivity contribution in [1.29, 1.82) is 0 Å². The highest BCUT2D eigenvalue weighted by Gasteiger charge is 2.10. The first kappa shape index (κ1) is 17.1. The minimum Gasteiger partial charge on any atom is -0.352 e. The maximum Gasteiger partial charge on any atom is 0.225 e. The highest BCUT2D eigenvalue weighted by molar-refractivity contribution is 6.33. The summed E-state index contributed by atoms with van der Waals surface area (Å²) >= 11 is 6.09. The second-order valence-corrected chi connectivity index (χ2v) is 6.13. The van der Waals surface area contributed by atoms with Gasteiger partial charge in [-0.3, -0.25) is 4.98 Å². The molecule has 0 saturated heterocycles. The van der Waals surface area contributed by atoms with Crippen LogP contribution in [0, 0.1) is 5.82 Å². The Balaban J connectivity index is 2.00. The Kier molecular flexibility index (Phi) is 5.09. The van der Waals surface area contributed by atoms with E-state index in [2.05, 4.69) is 25.6 Å². The molecule has 0 aliphatic carbocycles. The summed E-state index contributed by atoms with van der Waals surface area (Å²) in [5, 5.41) is 6.56. The van der Waals surface area contributed by atoms with Crippen molar-refractivity contribution in [3.8, 4) is 11.4 Å². The molecular weight excluding hydrogens is 341 g/mol. The molecule has 3 rings (SSSR count). The highest BCUT2D eigenvalue weighted by Crippen LogP contribution is 2.27. The molecule has 0 atom stereocenters. The van der Waals surface area contributed by atoms with Gasteiger partial charge in [0.25, 0.3) is 0 Å². The molecule has 0 bridgehead atoms. The third-order valence-electron chi connectivity index (χ3n) is 3.27. The van der Waals surface area contributed by atoms with Crippen LogP contribution in [0.2, 0.25) is 5.02 Å². The van der Waals surface area contributed by atoms with Gasteiger partial charge in [0.2, 0.25) is 5.95 Å². The van der Waals surface area contributed by atoms with Crippen molar-refractivity contribution < 1.29 is 4.39 Å². The Morgan fingerprint density at radius 3 is 2.56 bits per heavy atom. The first-order valence-corrected chi connectivity index (χ1v) is 8.18. The van der Waals surface area contributed by atoms with Gasteiger partial charge in [0, 0.05) is 18.3 Å². The SMILES string of the molecule is CC(C)Nc1nc(Nc2ccc(F)cc2Cl)cc(-c2ccccn2)n1. The summed E-state index contributed by atoms with van der Waals surface area (Å²) in [6.45, 7) is 4.00. The first-order valence-electron chi connectivity index (χ1n) is 7.80. The second kappa shape index (κ2) is 7.44. The fourth-order valence-electron chi connectivity index (χ4n) is 2.21. The molecule has 3 aromatic rings. The van der Waals surface area contributed by atoms with E-state index in [1.54, 1.807) is 18.3 Å². The lowest BCUT2D eigenvalue weighted by atomic mass is 10.2. The van der Waals surface area contributed by atoms with E-state index in [0.717, 1.165) is 5.69 Å². The number of anilines is 3. The van der Waals surface area contributed by atoms with E-state index in [1.165, 1.54) is 12.1 Å². The summed E-state index contributed by atoms with van der Waals surface area (Å²) in [6.07, 6.45) is 1.71. The second-order valence-electron chi connectivity index (χ2n) is 5.73. The Bertz CT molecular complexity index is 871. The average molecular weight is 358 g/mol. The number of pyridine rings is 1. The van der Waals surface area contributed by atoms with Gasteiger partial charge in [-0.05, 0) is 44.2 Å². The van der Waals surface area contributed by atoms with Crippen LogP contribution in [0.5, 0.6) is 0 Å². The average Bonchev–Trinajstić information content (AvgIpc) is 2.57.